The SMILES string of the molecule is COC(=O)C(C)(C)N1CCC(N(Cc2ccc(-c3ccc(OC(F)(F)F)cc3)cc2)C(=O)Cn2c(CCc3cccc(F)c3F)nc(=O)c3cccnc32)CC1.O=C(O)[C@H](O)[C@@H](O)C(=O)O. The number of carboxylic acids is 2. The molecule has 0 aliphatic carbocycles. The lowest BCUT2D eigenvalue weighted by Gasteiger charge is -2.44. The number of hydrogen-bond acceptors (Lipinski definition) is 12. The summed E-state index contributed by atoms with van der Waals surface area (Å²) in [6.07, 6.45) is -6.76. The van der Waals surface area contributed by atoms with Crippen LogP contribution in [-0.4, -0.2) is 119 Å². The van der Waals surface area contributed by atoms with Crippen molar-refractivity contribution in [2.24, 2.45) is 0 Å². The van der Waals surface area contributed by atoms with Crippen molar-refractivity contribution in [1.29, 1.82) is 0 Å². The molecule has 2 aromatic heterocycles. The van der Waals surface area contributed by atoms with E-state index in [1.165, 1.54) is 49.7 Å². The number of aliphatic hydroxyl groups is 2. The number of ether oxygens (including phenoxy) is 2. The minimum absolute atomic E-state index is 0.00511. The highest BCUT2D eigenvalue weighted by atomic mass is 19.4. The number of nitrogens with zero attached hydrogens (tertiary/aromatic N) is 5. The molecule has 2 atom stereocenters. The van der Waals surface area contributed by atoms with Gasteiger partial charge in [-0.25, -0.2) is 23.4 Å². The smallest absolute Gasteiger partial charge is 0.479 e. The highest BCUT2D eigenvalue weighted by Gasteiger charge is 2.39. The molecule has 0 unspecified atom stereocenters. The predicted octanol–water partition coefficient (Wildman–Crippen LogP) is 4.74. The van der Waals surface area contributed by atoms with Crippen LogP contribution in [-0.2, 0) is 49.8 Å². The molecule has 0 radical (unpaired) electrons. The monoisotopic (exact) mass is 927 g/mol. The number of pyridine rings is 1. The maximum atomic E-state index is 14.6. The van der Waals surface area contributed by atoms with E-state index in [-0.39, 0.29) is 72.0 Å². The number of halogens is 5. The molecule has 0 bridgehead atoms. The lowest BCUT2D eigenvalue weighted by Crippen LogP contribution is -2.56. The molecule has 4 N–H and O–H groups in total. The molecule has 1 aliphatic rings. The first-order valence-electron chi connectivity index (χ1n) is 20.3. The summed E-state index contributed by atoms with van der Waals surface area (Å²) in [5.41, 5.74) is 1.04. The fourth-order valence-electron chi connectivity index (χ4n) is 7.36. The predicted molar refractivity (Wildman–Crippen MR) is 225 cm³/mol. The number of aromatic nitrogens is 3. The van der Waals surface area contributed by atoms with Crippen LogP contribution in [0.5, 0.6) is 5.75 Å². The number of carbonyl (C=O) groups is 4. The third-order valence-electron chi connectivity index (χ3n) is 11.0. The average Bonchev–Trinajstić information content (AvgIpc) is 3.29. The van der Waals surface area contributed by atoms with Gasteiger partial charge in [0.1, 0.15) is 29.3 Å². The van der Waals surface area contributed by atoms with Gasteiger partial charge in [-0.2, -0.15) is 4.98 Å². The second-order valence-corrected chi connectivity index (χ2v) is 15.6. The Morgan fingerprint density at radius 3 is 2.00 bits per heavy atom. The van der Waals surface area contributed by atoms with E-state index in [1.54, 1.807) is 35.4 Å². The van der Waals surface area contributed by atoms with Gasteiger partial charge in [0.2, 0.25) is 5.91 Å². The van der Waals surface area contributed by atoms with Crippen LogP contribution in [0.2, 0.25) is 0 Å². The number of rotatable bonds is 15. The van der Waals surface area contributed by atoms with E-state index in [0.29, 0.717) is 31.5 Å². The number of fused-ring (bicyclic) bond motifs is 1. The fraction of sp³-hybridized carbons (Fsp3) is 0.356. The highest BCUT2D eigenvalue weighted by Crippen LogP contribution is 2.29. The Labute approximate surface area is 373 Å². The summed E-state index contributed by atoms with van der Waals surface area (Å²) in [7, 11) is 1.34. The van der Waals surface area contributed by atoms with Crippen LogP contribution in [0.15, 0.2) is 89.9 Å². The second kappa shape index (κ2) is 21.4. The van der Waals surface area contributed by atoms with E-state index in [9.17, 15) is 45.9 Å². The molecule has 0 saturated carbocycles. The number of benzene rings is 3. The first-order chi connectivity index (χ1) is 31.1. The van der Waals surface area contributed by atoms with Gasteiger partial charge in [0, 0.05) is 38.3 Å². The van der Waals surface area contributed by atoms with Crippen LogP contribution in [0.3, 0.4) is 0 Å². The maximum Gasteiger partial charge on any atom is 0.573 e. The Bertz CT molecular complexity index is 2570. The summed E-state index contributed by atoms with van der Waals surface area (Å²) in [5.74, 6) is -6.37. The number of aliphatic carboxylic acids is 2. The highest BCUT2D eigenvalue weighted by molar-refractivity contribution is 5.83. The molecule has 5 aromatic rings. The summed E-state index contributed by atoms with van der Waals surface area (Å²) in [5, 5.41) is 32.7. The van der Waals surface area contributed by atoms with Crippen molar-refractivity contribution in [3.05, 3.63) is 124 Å². The zero-order valence-electron chi connectivity index (χ0n) is 35.7. The molecule has 1 fully saturated rings. The Morgan fingerprint density at radius 1 is 0.848 bits per heavy atom. The van der Waals surface area contributed by atoms with Gasteiger partial charge in [-0.05, 0) is 85.7 Å². The third-order valence-corrected chi connectivity index (χ3v) is 11.0. The topological polar surface area (TPSA) is 222 Å². The molecule has 16 nitrogen and oxygen atoms in total. The Hall–Kier alpha value is -6.84. The van der Waals surface area contributed by atoms with Crippen molar-refractivity contribution < 1.29 is 71.0 Å². The van der Waals surface area contributed by atoms with Crippen molar-refractivity contribution in [2.75, 3.05) is 20.2 Å². The molecule has 1 saturated heterocycles. The number of alkyl halides is 3. The number of hydrogen-bond donors (Lipinski definition) is 4. The van der Waals surface area contributed by atoms with E-state index >= 15 is 0 Å². The van der Waals surface area contributed by atoms with Crippen LogP contribution < -0.4 is 10.3 Å². The van der Waals surface area contributed by atoms with Crippen molar-refractivity contribution in [1.82, 2.24) is 24.3 Å². The Morgan fingerprint density at radius 2 is 1.44 bits per heavy atom. The molecule has 1 amide bonds. The van der Waals surface area contributed by atoms with Crippen LogP contribution in [0.25, 0.3) is 22.2 Å². The summed E-state index contributed by atoms with van der Waals surface area (Å²) in [4.78, 5) is 72.3. The maximum absolute atomic E-state index is 14.6. The molecule has 3 aromatic carbocycles. The Kier molecular flexibility index (Phi) is 16.3. The number of methoxy groups -OCH3 is 1. The van der Waals surface area contributed by atoms with Gasteiger partial charge in [-0.3, -0.25) is 19.3 Å². The minimum Gasteiger partial charge on any atom is -0.479 e. The minimum atomic E-state index is -4.80. The van der Waals surface area contributed by atoms with Crippen molar-refractivity contribution >= 4 is 34.8 Å². The zero-order chi connectivity index (χ0) is 48.5. The lowest BCUT2D eigenvalue weighted by molar-refractivity contribution is -0.274. The number of piperidine rings is 1. The van der Waals surface area contributed by atoms with Crippen molar-refractivity contribution in [3.8, 4) is 16.9 Å². The van der Waals surface area contributed by atoms with Crippen LogP contribution in [0, 0.1) is 11.6 Å². The molecule has 6 rings (SSSR count). The molecule has 352 valence electrons. The van der Waals surface area contributed by atoms with Crippen molar-refractivity contribution in [2.45, 2.75) is 82.8 Å². The van der Waals surface area contributed by atoms with Gasteiger partial charge in [-0.15, -0.1) is 13.2 Å². The first kappa shape index (κ1) is 50.2. The fourth-order valence-corrected chi connectivity index (χ4v) is 7.36. The van der Waals surface area contributed by atoms with Crippen molar-refractivity contribution in [3.63, 3.8) is 0 Å². The number of likely N-dealkylation sites (tertiary alicyclic amines) is 1. The van der Waals surface area contributed by atoms with Gasteiger partial charge in [0.25, 0.3) is 5.56 Å². The number of amides is 1. The standard InChI is InChI=1S/C41H40F5N5O5.C4H6O6/c1-40(2,39(54)55-3)49-22-19-30(20-23-49)50(24-26-9-11-27(12-10-26)28-13-16-31(17-14-28)56-41(44,45)46)35(52)25-51-34(18-15-29-6-4-8-33(42)36(29)43)48-38(53)32-7-5-21-47-37(32)51;5-1(3(7)8)2(6)4(9)10/h4-14,16-17,21,30H,15,18-20,22-25H2,1-3H3;1-2,5-6H,(H,7,8)(H,9,10)/t;1-,2-/m.1/s1. The van der Waals surface area contributed by atoms with Crippen LogP contribution >= 0.6 is 0 Å². The molecule has 21 heteroatoms. The first-order valence-corrected chi connectivity index (χ1v) is 20.3. The molecule has 66 heavy (non-hydrogen) atoms. The van der Waals surface area contributed by atoms with Gasteiger partial charge in [0.05, 0.1) is 12.5 Å². The molecule has 1 aliphatic heterocycles. The van der Waals surface area contributed by atoms with Gasteiger partial charge < -0.3 is 39.4 Å². The molecule has 0 spiro atoms. The number of aryl methyl sites for hydroxylation is 2. The zero-order valence-corrected chi connectivity index (χ0v) is 35.7. The molecular formula is C45H46F5N5O11. The molecular weight excluding hydrogens is 882 g/mol. The van der Waals surface area contributed by atoms with Crippen LogP contribution in [0.4, 0.5) is 22.0 Å². The van der Waals surface area contributed by atoms with Gasteiger partial charge in [-0.1, -0.05) is 48.5 Å². The summed E-state index contributed by atoms with van der Waals surface area (Å²) >= 11 is 0. The lowest BCUT2D eigenvalue weighted by atomic mass is 9.95. The second-order valence-electron chi connectivity index (χ2n) is 15.6. The van der Waals surface area contributed by atoms with E-state index in [4.69, 9.17) is 25.2 Å². The number of carboxylic acid groups (broad SMARTS) is 2. The van der Waals surface area contributed by atoms with Gasteiger partial charge in [0.15, 0.2) is 23.8 Å². The quantitative estimate of drug-likeness (QED) is 0.0823. The van der Waals surface area contributed by atoms with E-state index in [1.807, 2.05) is 29.2 Å². The largest absolute Gasteiger partial charge is 0.573 e. The summed E-state index contributed by atoms with van der Waals surface area (Å²) in [6.45, 7) is 4.50. The number of esters is 1. The van der Waals surface area contributed by atoms with E-state index < -0.39 is 53.2 Å². The van der Waals surface area contributed by atoms with E-state index in [2.05, 4.69) is 14.7 Å². The number of carbonyl (C=O) groups excluding carboxylic acids is 2. The average molecular weight is 928 g/mol. The van der Waals surface area contributed by atoms with E-state index in [0.717, 1.165) is 17.2 Å². The Balaban J connectivity index is 0.000000730. The third kappa shape index (κ3) is 12.5. The number of aliphatic hydroxyl groups excluding tert-OH is 2. The molecule has 3 heterocycles. The van der Waals surface area contributed by atoms with Crippen LogP contribution in [0.1, 0.15) is 43.6 Å². The van der Waals surface area contributed by atoms with Gasteiger partial charge >= 0.3 is 24.3 Å². The summed E-state index contributed by atoms with van der Waals surface area (Å²) < 4.78 is 77.2. The normalized spacial score (nSPS) is 14.4. The summed E-state index contributed by atoms with van der Waals surface area (Å²) in [6, 6.07) is 19.5.